The van der Waals surface area contributed by atoms with Crippen molar-refractivity contribution >= 4 is 11.6 Å². The maximum Gasteiger partial charge on any atom is 0.226 e. The van der Waals surface area contributed by atoms with Gasteiger partial charge in [-0.3, -0.25) is 4.79 Å². The summed E-state index contributed by atoms with van der Waals surface area (Å²) in [6.07, 6.45) is 4.58. The van der Waals surface area contributed by atoms with E-state index < -0.39 is 0 Å². The minimum atomic E-state index is 0.178. The fourth-order valence-corrected chi connectivity index (χ4v) is 2.07. The van der Waals surface area contributed by atoms with E-state index in [0.717, 1.165) is 37.1 Å². The monoisotopic (exact) mass is 278 g/mol. The second-order valence-corrected chi connectivity index (χ2v) is 4.84. The summed E-state index contributed by atoms with van der Waals surface area (Å²) in [5.41, 5.74) is 6.48. The number of benzene rings is 1. The number of hydrogen-bond acceptors (Lipinski definition) is 3. The van der Waals surface area contributed by atoms with Crippen LogP contribution in [0.3, 0.4) is 0 Å². The van der Waals surface area contributed by atoms with Gasteiger partial charge in [0.25, 0.3) is 0 Å². The zero-order chi connectivity index (χ0) is 14.8. The van der Waals surface area contributed by atoms with Gasteiger partial charge in [-0.2, -0.15) is 0 Å². The molecule has 0 atom stereocenters. The van der Waals surface area contributed by atoms with E-state index in [1.807, 2.05) is 29.2 Å². The van der Waals surface area contributed by atoms with Crippen LogP contribution in [0.15, 0.2) is 24.3 Å². The molecule has 0 aliphatic carbocycles. The molecule has 1 aromatic carbocycles. The molecular weight excluding hydrogens is 252 g/mol. The van der Waals surface area contributed by atoms with Gasteiger partial charge in [-0.05, 0) is 43.7 Å². The first kappa shape index (κ1) is 16.5. The summed E-state index contributed by atoms with van der Waals surface area (Å²) < 4.78 is 5.15. The first-order valence-corrected chi connectivity index (χ1v) is 7.37. The number of carbonyl (C=O) groups is 1. The van der Waals surface area contributed by atoms with Gasteiger partial charge in [0.15, 0.2) is 0 Å². The summed E-state index contributed by atoms with van der Waals surface area (Å²) in [5.74, 6) is 0.975. The number of ether oxygens (including phenoxy) is 1. The van der Waals surface area contributed by atoms with Crippen molar-refractivity contribution in [1.82, 2.24) is 0 Å². The predicted molar refractivity (Wildman–Crippen MR) is 83.2 cm³/mol. The smallest absolute Gasteiger partial charge is 0.226 e. The molecule has 0 unspecified atom stereocenters. The van der Waals surface area contributed by atoms with Crippen LogP contribution in [-0.4, -0.2) is 26.1 Å². The summed E-state index contributed by atoms with van der Waals surface area (Å²) in [4.78, 5) is 14.2. The Morgan fingerprint density at radius 3 is 2.45 bits per heavy atom. The minimum absolute atomic E-state index is 0.178. The van der Waals surface area contributed by atoms with Gasteiger partial charge in [-0.15, -0.1) is 0 Å². The summed E-state index contributed by atoms with van der Waals surface area (Å²) in [6.45, 7) is 3.41. The summed E-state index contributed by atoms with van der Waals surface area (Å²) in [7, 11) is 1.64. The molecule has 2 N–H and O–H groups in total. The Morgan fingerprint density at radius 2 is 1.90 bits per heavy atom. The van der Waals surface area contributed by atoms with E-state index in [1.165, 1.54) is 0 Å². The molecule has 0 bridgehead atoms. The lowest BCUT2D eigenvalue weighted by atomic mass is 10.1. The lowest BCUT2D eigenvalue weighted by Crippen LogP contribution is -2.32. The van der Waals surface area contributed by atoms with Gasteiger partial charge in [0.1, 0.15) is 5.75 Å². The fourth-order valence-electron chi connectivity index (χ4n) is 2.07. The lowest BCUT2D eigenvalue weighted by molar-refractivity contribution is -0.118. The van der Waals surface area contributed by atoms with Gasteiger partial charge in [-0.25, -0.2) is 0 Å². The molecule has 4 heteroatoms. The molecule has 0 aliphatic heterocycles. The number of methoxy groups -OCH3 is 1. The molecule has 0 saturated heterocycles. The molecule has 0 heterocycles. The number of nitrogens with two attached hydrogens (primary N) is 1. The third-order valence-corrected chi connectivity index (χ3v) is 3.27. The van der Waals surface area contributed by atoms with Crippen LogP contribution in [0.25, 0.3) is 0 Å². The van der Waals surface area contributed by atoms with Gasteiger partial charge in [-0.1, -0.05) is 19.8 Å². The van der Waals surface area contributed by atoms with Crippen LogP contribution in [0.1, 0.15) is 39.0 Å². The first-order chi connectivity index (χ1) is 9.72. The molecule has 0 aliphatic rings. The predicted octanol–water partition coefficient (Wildman–Crippen LogP) is 2.96. The van der Waals surface area contributed by atoms with E-state index in [4.69, 9.17) is 10.5 Å². The highest BCUT2D eigenvalue weighted by atomic mass is 16.5. The Morgan fingerprint density at radius 1 is 1.20 bits per heavy atom. The second-order valence-electron chi connectivity index (χ2n) is 4.84. The van der Waals surface area contributed by atoms with Gasteiger partial charge < -0.3 is 15.4 Å². The average molecular weight is 278 g/mol. The van der Waals surface area contributed by atoms with E-state index in [1.54, 1.807) is 7.11 Å². The van der Waals surface area contributed by atoms with Crippen molar-refractivity contribution in [1.29, 1.82) is 0 Å². The topological polar surface area (TPSA) is 55.6 Å². The van der Waals surface area contributed by atoms with Gasteiger partial charge in [0.2, 0.25) is 5.91 Å². The van der Waals surface area contributed by atoms with Crippen molar-refractivity contribution < 1.29 is 9.53 Å². The molecule has 112 valence electrons. The standard InChI is InChI=1S/C16H26N2O2/c1-3-4-5-7-16(19)18(13-6-12-17)14-8-10-15(20-2)11-9-14/h8-11H,3-7,12-13,17H2,1-2H3. The zero-order valence-electron chi connectivity index (χ0n) is 12.6. The molecule has 0 fully saturated rings. The number of rotatable bonds is 9. The maximum absolute atomic E-state index is 12.3. The molecule has 4 nitrogen and oxygen atoms in total. The van der Waals surface area contributed by atoms with Crippen molar-refractivity contribution in [3.63, 3.8) is 0 Å². The first-order valence-electron chi connectivity index (χ1n) is 7.37. The van der Waals surface area contributed by atoms with Crippen LogP contribution >= 0.6 is 0 Å². The average Bonchev–Trinajstić information content (AvgIpc) is 2.48. The number of hydrogen-bond donors (Lipinski definition) is 1. The largest absolute Gasteiger partial charge is 0.497 e. The molecule has 0 radical (unpaired) electrons. The molecular formula is C16H26N2O2. The van der Waals surface area contributed by atoms with Crippen LogP contribution in [0.4, 0.5) is 5.69 Å². The third-order valence-electron chi connectivity index (χ3n) is 3.27. The van der Waals surface area contributed by atoms with Crippen LogP contribution in [0, 0.1) is 0 Å². The van der Waals surface area contributed by atoms with E-state index >= 15 is 0 Å². The highest BCUT2D eigenvalue weighted by Gasteiger charge is 2.14. The molecule has 0 aromatic heterocycles. The number of amides is 1. The van der Waals surface area contributed by atoms with Crippen molar-refractivity contribution in [2.75, 3.05) is 25.1 Å². The van der Waals surface area contributed by atoms with Crippen molar-refractivity contribution in [2.45, 2.75) is 39.0 Å². The summed E-state index contributed by atoms with van der Waals surface area (Å²) in [5, 5.41) is 0. The van der Waals surface area contributed by atoms with Gasteiger partial charge in [0, 0.05) is 18.7 Å². The highest BCUT2D eigenvalue weighted by Crippen LogP contribution is 2.20. The number of carbonyl (C=O) groups excluding carboxylic acids is 1. The zero-order valence-corrected chi connectivity index (χ0v) is 12.6. The van der Waals surface area contributed by atoms with E-state index in [2.05, 4.69) is 6.92 Å². The second kappa shape index (κ2) is 9.37. The lowest BCUT2D eigenvalue weighted by Gasteiger charge is -2.23. The highest BCUT2D eigenvalue weighted by molar-refractivity contribution is 5.93. The molecule has 1 rings (SSSR count). The van der Waals surface area contributed by atoms with E-state index in [-0.39, 0.29) is 5.91 Å². The minimum Gasteiger partial charge on any atom is -0.497 e. The van der Waals surface area contributed by atoms with Crippen LogP contribution < -0.4 is 15.4 Å². The van der Waals surface area contributed by atoms with Crippen LogP contribution in [0.2, 0.25) is 0 Å². The Balaban J connectivity index is 2.73. The van der Waals surface area contributed by atoms with Crippen LogP contribution in [0.5, 0.6) is 5.75 Å². The van der Waals surface area contributed by atoms with Crippen LogP contribution in [-0.2, 0) is 4.79 Å². The fraction of sp³-hybridized carbons (Fsp3) is 0.562. The van der Waals surface area contributed by atoms with E-state index in [0.29, 0.717) is 19.5 Å². The molecule has 0 saturated carbocycles. The van der Waals surface area contributed by atoms with Crippen molar-refractivity contribution in [3.8, 4) is 5.75 Å². The Kier molecular flexibility index (Phi) is 7.73. The van der Waals surface area contributed by atoms with Crippen molar-refractivity contribution in [2.24, 2.45) is 5.73 Å². The quantitative estimate of drug-likeness (QED) is 0.707. The van der Waals surface area contributed by atoms with E-state index in [9.17, 15) is 4.79 Å². The molecule has 20 heavy (non-hydrogen) atoms. The Bertz CT molecular complexity index is 390. The summed E-state index contributed by atoms with van der Waals surface area (Å²) in [6, 6.07) is 7.61. The molecule has 1 aromatic rings. The Labute approximate surface area is 121 Å². The number of nitrogens with zero attached hydrogens (tertiary/aromatic N) is 1. The third kappa shape index (κ3) is 5.21. The molecule has 1 amide bonds. The number of anilines is 1. The molecule has 0 spiro atoms. The van der Waals surface area contributed by atoms with Gasteiger partial charge in [0.05, 0.1) is 7.11 Å². The normalized spacial score (nSPS) is 10.3. The maximum atomic E-state index is 12.3. The van der Waals surface area contributed by atoms with Gasteiger partial charge >= 0.3 is 0 Å². The summed E-state index contributed by atoms with van der Waals surface area (Å²) >= 11 is 0. The Hall–Kier alpha value is -1.55. The van der Waals surface area contributed by atoms with Crippen molar-refractivity contribution in [3.05, 3.63) is 24.3 Å². The number of unbranched alkanes of at least 4 members (excludes halogenated alkanes) is 2. The SMILES string of the molecule is CCCCCC(=O)N(CCCN)c1ccc(OC)cc1.